The van der Waals surface area contributed by atoms with Crippen LogP contribution in [0.25, 0.3) is 0 Å². The fourth-order valence-corrected chi connectivity index (χ4v) is 3.43. The zero-order valence-corrected chi connectivity index (χ0v) is 16.9. The fourth-order valence-electron chi connectivity index (χ4n) is 3.03. The monoisotopic (exact) mass is 432 g/mol. The molecule has 144 valence electrons. The molecule has 0 atom stereocenters. The molecule has 1 aliphatic rings. The lowest BCUT2D eigenvalue weighted by Gasteiger charge is -2.12. The van der Waals surface area contributed by atoms with Gasteiger partial charge in [-0.2, -0.15) is 0 Å². The van der Waals surface area contributed by atoms with Crippen LogP contribution in [0.5, 0.6) is 11.6 Å². The Morgan fingerprint density at radius 1 is 1.19 bits per heavy atom. The fraction of sp³-hybridized carbons (Fsp3) is 0.429. The number of carbonyl (C=O) groups excluding carboxylic acids is 1. The minimum absolute atomic E-state index is 0.0111. The molecule has 2 aromatic rings. The molecule has 0 aliphatic heterocycles. The Morgan fingerprint density at radius 3 is 2.74 bits per heavy atom. The van der Waals surface area contributed by atoms with Gasteiger partial charge in [-0.25, -0.2) is 4.98 Å². The zero-order chi connectivity index (χ0) is 18.9. The van der Waals surface area contributed by atoms with Crippen LogP contribution in [0.2, 0.25) is 0 Å². The van der Waals surface area contributed by atoms with Gasteiger partial charge in [-0.15, -0.1) is 0 Å². The quantitative estimate of drug-likeness (QED) is 0.586. The number of ether oxygens (including phenoxy) is 2. The number of benzene rings is 1. The molecule has 0 spiro atoms. The average molecular weight is 433 g/mol. The average Bonchev–Trinajstić information content (AvgIpc) is 3.19. The standard InChI is InChI=1S/C21H25BrN2O3/c22-18-8-3-4-9-19(18)26-13-5-10-20(25)23-14-16-11-12-21(24-15-16)27-17-6-1-2-7-17/h3-4,8-9,11-12,15,17H,1-2,5-7,10,13-14H2,(H,23,25). The van der Waals surface area contributed by atoms with Crippen molar-refractivity contribution in [1.82, 2.24) is 10.3 Å². The van der Waals surface area contributed by atoms with E-state index >= 15 is 0 Å². The van der Waals surface area contributed by atoms with Crippen LogP contribution in [0.3, 0.4) is 0 Å². The maximum absolute atomic E-state index is 12.0. The normalized spacial score (nSPS) is 14.1. The Kier molecular flexibility index (Phi) is 7.51. The Bertz CT molecular complexity index is 730. The summed E-state index contributed by atoms with van der Waals surface area (Å²) in [5, 5.41) is 2.92. The van der Waals surface area contributed by atoms with Crippen molar-refractivity contribution in [3.63, 3.8) is 0 Å². The van der Waals surface area contributed by atoms with Crippen molar-refractivity contribution in [2.75, 3.05) is 6.61 Å². The second-order valence-corrected chi connectivity index (χ2v) is 7.54. The summed E-state index contributed by atoms with van der Waals surface area (Å²) >= 11 is 3.44. The van der Waals surface area contributed by atoms with E-state index in [1.165, 1.54) is 12.8 Å². The third kappa shape index (κ3) is 6.54. The van der Waals surface area contributed by atoms with Crippen LogP contribution in [0, 0.1) is 0 Å². The number of para-hydroxylation sites is 1. The number of rotatable bonds is 9. The largest absolute Gasteiger partial charge is 0.492 e. The van der Waals surface area contributed by atoms with Gasteiger partial charge in [0.2, 0.25) is 11.8 Å². The lowest BCUT2D eigenvalue weighted by molar-refractivity contribution is -0.121. The molecule has 5 nitrogen and oxygen atoms in total. The molecule has 1 amide bonds. The Balaban J connectivity index is 1.32. The molecule has 0 saturated heterocycles. The SMILES string of the molecule is O=C(CCCOc1ccccc1Br)NCc1ccc(OC2CCCC2)nc1. The van der Waals surface area contributed by atoms with Crippen molar-refractivity contribution in [1.29, 1.82) is 0 Å². The highest BCUT2D eigenvalue weighted by molar-refractivity contribution is 9.10. The van der Waals surface area contributed by atoms with Crippen LogP contribution in [-0.4, -0.2) is 23.6 Å². The van der Waals surface area contributed by atoms with Crippen molar-refractivity contribution in [3.8, 4) is 11.6 Å². The predicted octanol–water partition coefficient (Wildman–Crippen LogP) is 4.64. The van der Waals surface area contributed by atoms with Gasteiger partial charge >= 0.3 is 0 Å². The van der Waals surface area contributed by atoms with Crippen LogP contribution in [0.4, 0.5) is 0 Å². The number of amides is 1. The predicted molar refractivity (Wildman–Crippen MR) is 108 cm³/mol. The van der Waals surface area contributed by atoms with E-state index in [-0.39, 0.29) is 5.91 Å². The molecule has 1 N–H and O–H groups in total. The highest BCUT2D eigenvalue weighted by Gasteiger charge is 2.16. The lowest BCUT2D eigenvalue weighted by atomic mass is 10.2. The van der Waals surface area contributed by atoms with Gasteiger partial charge in [0.25, 0.3) is 0 Å². The van der Waals surface area contributed by atoms with E-state index in [0.717, 1.165) is 28.6 Å². The van der Waals surface area contributed by atoms with E-state index in [9.17, 15) is 4.79 Å². The number of halogens is 1. The zero-order valence-electron chi connectivity index (χ0n) is 15.3. The number of nitrogens with one attached hydrogen (secondary N) is 1. The Labute approximate surface area is 168 Å². The molecule has 1 saturated carbocycles. The number of aromatic nitrogens is 1. The molecule has 1 heterocycles. The summed E-state index contributed by atoms with van der Waals surface area (Å²) in [4.78, 5) is 16.3. The summed E-state index contributed by atoms with van der Waals surface area (Å²) in [6, 6.07) is 11.5. The van der Waals surface area contributed by atoms with E-state index < -0.39 is 0 Å². The number of carbonyl (C=O) groups is 1. The molecule has 1 aliphatic carbocycles. The summed E-state index contributed by atoms with van der Waals surface area (Å²) in [6.45, 7) is 0.978. The number of hydrogen-bond donors (Lipinski definition) is 1. The van der Waals surface area contributed by atoms with Crippen molar-refractivity contribution in [3.05, 3.63) is 52.6 Å². The van der Waals surface area contributed by atoms with Crippen LogP contribution in [0.15, 0.2) is 47.1 Å². The molecule has 0 bridgehead atoms. The first-order valence-electron chi connectivity index (χ1n) is 9.46. The molecule has 1 aromatic carbocycles. The van der Waals surface area contributed by atoms with Crippen LogP contribution >= 0.6 is 15.9 Å². The molecule has 3 rings (SSSR count). The first kappa shape index (κ1) is 19.7. The van der Waals surface area contributed by atoms with Gasteiger partial charge in [-0.05, 0) is 65.7 Å². The van der Waals surface area contributed by atoms with Crippen molar-refractivity contribution >= 4 is 21.8 Å². The van der Waals surface area contributed by atoms with Gasteiger partial charge in [0.15, 0.2) is 0 Å². The van der Waals surface area contributed by atoms with E-state index in [1.54, 1.807) is 6.20 Å². The minimum Gasteiger partial charge on any atom is -0.492 e. The molecular weight excluding hydrogens is 408 g/mol. The first-order valence-corrected chi connectivity index (χ1v) is 10.3. The van der Waals surface area contributed by atoms with Gasteiger partial charge in [-0.1, -0.05) is 18.2 Å². The molecular formula is C21H25BrN2O3. The van der Waals surface area contributed by atoms with Gasteiger partial charge in [-0.3, -0.25) is 4.79 Å². The third-order valence-electron chi connectivity index (χ3n) is 4.52. The third-order valence-corrected chi connectivity index (χ3v) is 5.17. The van der Waals surface area contributed by atoms with E-state index in [1.807, 2.05) is 36.4 Å². The van der Waals surface area contributed by atoms with E-state index in [2.05, 4.69) is 26.2 Å². The van der Waals surface area contributed by atoms with Gasteiger partial charge in [0, 0.05) is 25.2 Å². The summed E-state index contributed by atoms with van der Waals surface area (Å²) < 4.78 is 12.4. The number of pyridine rings is 1. The second-order valence-electron chi connectivity index (χ2n) is 6.69. The molecule has 1 aromatic heterocycles. The van der Waals surface area contributed by atoms with E-state index in [0.29, 0.717) is 38.0 Å². The first-order chi connectivity index (χ1) is 13.2. The highest BCUT2D eigenvalue weighted by Crippen LogP contribution is 2.24. The minimum atomic E-state index is 0.0111. The van der Waals surface area contributed by atoms with Crippen LogP contribution < -0.4 is 14.8 Å². The van der Waals surface area contributed by atoms with Crippen LogP contribution in [0.1, 0.15) is 44.1 Å². The molecule has 0 radical (unpaired) electrons. The number of hydrogen-bond acceptors (Lipinski definition) is 4. The van der Waals surface area contributed by atoms with Crippen molar-refractivity contribution in [2.45, 2.75) is 51.2 Å². The summed E-state index contributed by atoms with van der Waals surface area (Å²) in [5.41, 5.74) is 0.964. The maximum atomic E-state index is 12.0. The topological polar surface area (TPSA) is 60.5 Å². The van der Waals surface area contributed by atoms with E-state index in [4.69, 9.17) is 9.47 Å². The van der Waals surface area contributed by atoms with Crippen molar-refractivity contribution < 1.29 is 14.3 Å². The molecule has 6 heteroatoms. The van der Waals surface area contributed by atoms with Gasteiger partial charge in [0.1, 0.15) is 11.9 Å². The second kappa shape index (κ2) is 10.3. The molecule has 1 fully saturated rings. The summed E-state index contributed by atoms with van der Waals surface area (Å²) in [5.74, 6) is 1.47. The Morgan fingerprint density at radius 2 is 2.00 bits per heavy atom. The highest BCUT2D eigenvalue weighted by atomic mass is 79.9. The van der Waals surface area contributed by atoms with Gasteiger partial charge in [0.05, 0.1) is 11.1 Å². The summed E-state index contributed by atoms with van der Waals surface area (Å²) in [7, 11) is 0. The smallest absolute Gasteiger partial charge is 0.220 e. The van der Waals surface area contributed by atoms with Crippen molar-refractivity contribution in [2.24, 2.45) is 0 Å². The molecule has 0 unspecified atom stereocenters. The number of nitrogens with zero attached hydrogens (tertiary/aromatic N) is 1. The summed E-state index contributed by atoms with van der Waals surface area (Å²) in [6.07, 6.45) is 7.88. The molecule has 27 heavy (non-hydrogen) atoms. The van der Waals surface area contributed by atoms with Crippen LogP contribution in [-0.2, 0) is 11.3 Å². The lowest BCUT2D eigenvalue weighted by Crippen LogP contribution is -2.23. The maximum Gasteiger partial charge on any atom is 0.220 e. The van der Waals surface area contributed by atoms with Gasteiger partial charge < -0.3 is 14.8 Å². The Hall–Kier alpha value is -2.08.